The summed E-state index contributed by atoms with van der Waals surface area (Å²) in [5.41, 5.74) is 5.98. The van der Waals surface area contributed by atoms with E-state index in [0.717, 1.165) is 21.0 Å². The number of benzene rings is 4. The van der Waals surface area contributed by atoms with Crippen molar-refractivity contribution in [3.63, 3.8) is 0 Å². The first-order valence-corrected chi connectivity index (χ1v) is 15.6. The summed E-state index contributed by atoms with van der Waals surface area (Å²) in [6.45, 7) is 4.90. The number of carbonyl (C=O) groups is 2. The summed E-state index contributed by atoms with van der Waals surface area (Å²) < 4.78 is 39.5. The standard InChI is InChI=1S/C34H36N4O6S/c1-24-10-17-30(18-11-24)45(41,42)38(31-20-25(2)12-19-32(31)43-4)22-33(39)37-35-21-27-13-15-29(16-14-27)44-23-34(40)36-26(3)28-8-6-5-7-9-28/h5-21,26H,22-23H2,1-4H3,(H,36,40)(H,37,39)/b35-21-/t26-/m1/s1. The fourth-order valence-corrected chi connectivity index (χ4v) is 5.81. The van der Waals surface area contributed by atoms with E-state index < -0.39 is 22.5 Å². The lowest BCUT2D eigenvalue weighted by Crippen LogP contribution is -2.39. The average molecular weight is 629 g/mol. The normalized spacial score (nSPS) is 11.9. The van der Waals surface area contributed by atoms with Gasteiger partial charge in [-0.1, -0.05) is 54.1 Å². The molecule has 0 aliphatic rings. The maximum absolute atomic E-state index is 13.7. The molecule has 0 heterocycles. The Morgan fingerprint density at radius 3 is 2.22 bits per heavy atom. The lowest BCUT2D eigenvalue weighted by molar-refractivity contribution is -0.123. The first kappa shape index (κ1) is 32.7. The molecule has 0 spiro atoms. The van der Waals surface area contributed by atoms with Crippen molar-refractivity contribution in [3.05, 3.63) is 119 Å². The summed E-state index contributed by atoms with van der Waals surface area (Å²) in [7, 11) is -2.69. The van der Waals surface area contributed by atoms with E-state index in [0.29, 0.717) is 17.1 Å². The molecular formula is C34H36N4O6S. The number of rotatable bonds is 13. The molecule has 0 unspecified atom stereocenters. The maximum Gasteiger partial charge on any atom is 0.264 e. The molecule has 4 aromatic carbocycles. The summed E-state index contributed by atoms with van der Waals surface area (Å²) in [4.78, 5) is 25.3. The van der Waals surface area contributed by atoms with E-state index in [2.05, 4.69) is 15.8 Å². The summed E-state index contributed by atoms with van der Waals surface area (Å²) in [5, 5.41) is 6.89. The summed E-state index contributed by atoms with van der Waals surface area (Å²) in [5.74, 6) is -0.108. The highest BCUT2D eigenvalue weighted by Crippen LogP contribution is 2.33. The molecule has 0 fully saturated rings. The Morgan fingerprint density at radius 1 is 0.889 bits per heavy atom. The van der Waals surface area contributed by atoms with Crippen LogP contribution in [-0.4, -0.2) is 46.7 Å². The van der Waals surface area contributed by atoms with E-state index in [1.54, 1.807) is 54.6 Å². The Labute approximate surface area is 263 Å². The van der Waals surface area contributed by atoms with E-state index in [9.17, 15) is 18.0 Å². The third-order valence-corrected chi connectivity index (χ3v) is 8.60. The number of sulfonamides is 1. The van der Waals surface area contributed by atoms with Crippen LogP contribution < -0.4 is 24.5 Å². The van der Waals surface area contributed by atoms with Gasteiger partial charge in [-0.05, 0) is 86.0 Å². The molecule has 2 amide bonds. The van der Waals surface area contributed by atoms with Gasteiger partial charge in [0.1, 0.15) is 18.0 Å². The van der Waals surface area contributed by atoms with Gasteiger partial charge in [0.05, 0.1) is 29.9 Å². The molecule has 0 saturated heterocycles. The number of ether oxygens (including phenoxy) is 2. The van der Waals surface area contributed by atoms with Crippen molar-refractivity contribution in [1.29, 1.82) is 0 Å². The third-order valence-electron chi connectivity index (χ3n) is 6.83. The zero-order chi connectivity index (χ0) is 32.4. The monoisotopic (exact) mass is 628 g/mol. The second-order valence-corrected chi connectivity index (χ2v) is 12.2. The second-order valence-electron chi connectivity index (χ2n) is 10.4. The highest BCUT2D eigenvalue weighted by Gasteiger charge is 2.29. The van der Waals surface area contributed by atoms with Gasteiger partial charge >= 0.3 is 0 Å². The smallest absolute Gasteiger partial charge is 0.264 e. The topological polar surface area (TPSA) is 126 Å². The van der Waals surface area contributed by atoms with Crippen LogP contribution in [0.5, 0.6) is 11.5 Å². The molecule has 0 bridgehead atoms. The number of nitrogens with one attached hydrogen (secondary N) is 2. The van der Waals surface area contributed by atoms with Crippen molar-refractivity contribution in [2.75, 3.05) is 24.6 Å². The largest absolute Gasteiger partial charge is 0.495 e. The third kappa shape index (κ3) is 8.93. The van der Waals surface area contributed by atoms with Gasteiger partial charge in [0, 0.05) is 0 Å². The van der Waals surface area contributed by atoms with Gasteiger partial charge in [-0.15, -0.1) is 0 Å². The van der Waals surface area contributed by atoms with Gasteiger partial charge in [0.2, 0.25) is 0 Å². The van der Waals surface area contributed by atoms with Crippen molar-refractivity contribution < 1.29 is 27.5 Å². The molecule has 45 heavy (non-hydrogen) atoms. The number of hydrazone groups is 1. The Morgan fingerprint density at radius 2 is 1.56 bits per heavy atom. The van der Waals surface area contributed by atoms with Gasteiger partial charge in [-0.25, -0.2) is 13.8 Å². The van der Waals surface area contributed by atoms with Crippen LogP contribution >= 0.6 is 0 Å². The number of methoxy groups -OCH3 is 1. The van der Waals surface area contributed by atoms with Crippen LogP contribution in [0, 0.1) is 13.8 Å². The zero-order valence-electron chi connectivity index (χ0n) is 25.6. The predicted octanol–water partition coefficient (Wildman–Crippen LogP) is 4.91. The highest BCUT2D eigenvalue weighted by molar-refractivity contribution is 7.92. The summed E-state index contributed by atoms with van der Waals surface area (Å²) in [6.07, 6.45) is 1.42. The second kappa shape index (κ2) is 15.0. The van der Waals surface area contributed by atoms with E-state index in [4.69, 9.17) is 9.47 Å². The quantitative estimate of drug-likeness (QED) is 0.160. The molecule has 0 aromatic heterocycles. The molecule has 4 rings (SSSR count). The van der Waals surface area contributed by atoms with Crippen LogP contribution in [0.15, 0.2) is 107 Å². The number of amides is 2. The summed E-state index contributed by atoms with van der Waals surface area (Å²) in [6, 6.07) is 27.8. The van der Waals surface area contributed by atoms with Crippen LogP contribution in [0.3, 0.4) is 0 Å². The molecule has 2 N–H and O–H groups in total. The number of hydrogen-bond donors (Lipinski definition) is 2. The molecule has 0 aliphatic heterocycles. The van der Waals surface area contributed by atoms with Crippen LogP contribution in [0.2, 0.25) is 0 Å². The van der Waals surface area contributed by atoms with E-state index in [1.807, 2.05) is 51.1 Å². The predicted molar refractivity (Wildman–Crippen MR) is 174 cm³/mol. The highest BCUT2D eigenvalue weighted by atomic mass is 32.2. The Bertz CT molecular complexity index is 1740. The summed E-state index contributed by atoms with van der Waals surface area (Å²) >= 11 is 0. The number of carbonyl (C=O) groups excluding carboxylic acids is 2. The van der Waals surface area contributed by atoms with Gasteiger partial charge < -0.3 is 14.8 Å². The first-order chi connectivity index (χ1) is 21.6. The minimum Gasteiger partial charge on any atom is -0.495 e. The van der Waals surface area contributed by atoms with Crippen LogP contribution in [0.1, 0.15) is 35.2 Å². The molecular weight excluding hydrogens is 592 g/mol. The van der Waals surface area contributed by atoms with Crippen molar-refractivity contribution in [1.82, 2.24) is 10.7 Å². The van der Waals surface area contributed by atoms with Gasteiger partial charge in [-0.2, -0.15) is 5.10 Å². The van der Waals surface area contributed by atoms with Crippen LogP contribution in [-0.2, 0) is 19.6 Å². The van der Waals surface area contributed by atoms with Gasteiger partial charge in [0.15, 0.2) is 6.61 Å². The Balaban J connectivity index is 1.38. The zero-order valence-corrected chi connectivity index (χ0v) is 26.4. The fourth-order valence-electron chi connectivity index (χ4n) is 4.38. The van der Waals surface area contributed by atoms with Gasteiger partial charge in [0.25, 0.3) is 21.8 Å². The number of aryl methyl sites for hydroxylation is 2. The first-order valence-electron chi connectivity index (χ1n) is 14.2. The fraction of sp³-hybridized carbons (Fsp3) is 0.206. The van der Waals surface area contributed by atoms with Crippen LogP contribution in [0.4, 0.5) is 5.69 Å². The number of hydrogen-bond acceptors (Lipinski definition) is 7. The lowest BCUT2D eigenvalue weighted by atomic mass is 10.1. The minimum atomic E-state index is -4.13. The van der Waals surface area contributed by atoms with Gasteiger partial charge in [-0.3, -0.25) is 13.9 Å². The molecule has 1 atom stereocenters. The van der Waals surface area contributed by atoms with Crippen molar-refractivity contribution in [2.24, 2.45) is 5.10 Å². The Kier molecular flexibility index (Phi) is 10.9. The maximum atomic E-state index is 13.7. The SMILES string of the molecule is COc1ccc(C)cc1N(CC(=O)N/N=C\c1ccc(OCC(=O)N[C@H](C)c2ccccc2)cc1)S(=O)(=O)c1ccc(C)cc1. The molecule has 0 saturated carbocycles. The average Bonchev–Trinajstić information content (AvgIpc) is 3.03. The van der Waals surface area contributed by atoms with Crippen LogP contribution in [0.25, 0.3) is 0 Å². The molecule has 0 aliphatic carbocycles. The minimum absolute atomic E-state index is 0.0402. The van der Waals surface area contributed by atoms with E-state index in [-0.39, 0.29) is 29.1 Å². The van der Waals surface area contributed by atoms with Crippen molar-refractivity contribution in [3.8, 4) is 11.5 Å². The van der Waals surface area contributed by atoms with E-state index in [1.165, 1.54) is 25.5 Å². The molecule has 4 aromatic rings. The van der Waals surface area contributed by atoms with Crippen molar-refractivity contribution in [2.45, 2.75) is 31.7 Å². The molecule has 234 valence electrons. The van der Waals surface area contributed by atoms with E-state index >= 15 is 0 Å². The molecule has 0 radical (unpaired) electrons. The molecule has 10 nitrogen and oxygen atoms in total. The lowest BCUT2D eigenvalue weighted by Gasteiger charge is -2.25. The number of nitrogens with zero attached hydrogens (tertiary/aromatic N) is 2. The Hall–Kier alpha value is -5.16. The number of anilines is 1. The van der Waals surface area contributed by atoms with Crippen molar-refractivity contribution >= 4 is 33.7 Å². The molecule has 11 heteroatoms.